The van der Waals surface area contributed by atoms with Crippen molar-refractivity contribution in [2.75, 3.05) is 13.7 Å². The van der Waals surface area contributed by atoms with Crippen molar-refractivity contribution in [3.05, 3.63) is 65.9 Å². The summed E-state index contributed by atoms with van der Waals surface area (Å²) in [7, 11) is 2.24. The Kier molecular flexibility index (Phi) is 4.26. The van der Waals surface area contributed by atoms with Gasteiger partial charge in [-0.25, -0.2) is 0 Å². The highest BCUT2D eigenvalue weighted by molar-refractivity contribution is 5.86. The standard InChI is InChI=1S/C22H26N2O/c1-16-15-21-22(17(2)23(16)3)19-11-7-8-12-20(19)24(21)13-14-25-18-9-5-4-6-10-18/h4-12,16-17H,13-15H2,1-3H3. The third-order valence-corrected chi connectivity index (χ3v) is 5.66. The highest BCUT2D eigenvalue weighted by Crippen LogP contribution is 2.38. The van der Waals surface area contributed by atoms with E-state index < -0.39 is 0 Å². The number of nitrogens with zero attached hydrogens (tertiary/aromatic N) is 2. The van der Waals surface area contributed by atoms with E-state index in [9.17, 15) is 0 Å². The summed E-state index contributed by atoms with van der Waals surface area (Å²) in [5.74, 6) is 0.939. The summed E-state index contributed by atoms with van der Waals surface area (Å²) in [5.41, 5.74) is 4.31. The molecule has 0 fully saturated rings. The first-order valence-corrected chi connectivity index (χ1v) is 9.16. The Bertz CT molecular complexity index is 868. The molecule has 1 aliphatic rings. The average Bonchev–Trinajstić information content (AvgIpc) is 2.94. The van der Waals surface area contributed by atoms with E-state index in [0.29, 0.717) is 18.7 Å². The number of benzene rings is 2. The molecule has 0 radical (unpaired) electrons. The van der Waals surface area contributed by atoms with Crippen molar-refractivity contribution in [2.24, 2.45) is 0 Å². The smallest absolute Gasteiger partial charge is 0.119 e. The second kappa shape index (κ2) is 6.57. The molecule has 2 aromatic carbocycles. The second-order valence-electron chi connectivity index (χ2n) is 7.09. The number of likely N-dealkylation sites (N-methyl/N-ethyl adjacent to an activating group) is 1. The number of hydrogen-bond acceptors (Lipinski definition) is 2. The van der Waals surface area contributed by atoms with Gasteiger partial charge < -0.3 is 9.30 Å². The second-order valence-corrected chi connectivity index (χ2v) is 7.09. The monoisotopic (exact) mass is 334 g/mol. The number of hydrogen-bond donors (Lipinski definition) is 0. The summed E-state index contributed by atoms with van der Waals surface area (Å²) < 4.78 is 8.44. The van der Waals surface area contributed by atoms with Crippen molar-refractivity contribution in [1.82, 2.24) is 9.47 Å². The topological polar surface area (TPSA) is 17.4 Å². The average molecular weight is 334 g/mol. The quantitative estimate of drug-likeness (QED) is 0.690. The van der Waals surface area contributed by atoms with Gasteiger partial charge in [-0.05, 0) is 44.7 Å². The van der Waals surface area contributed by atoms with Gasteiger partial charge in [0.15, 0.2) is 0 Å². The molecule has 1 aromatic heterocycles. The fraction of sp³-hybridized carbons (Fsp3) is 0.364. The van der Waals surface area contributed by atoms with Crippen LogP contribution in [-0.4, -0.2) is 29.2 Å². The van der Waals surface area contributed by atoms with E-state index in [1.807, 2.05) is 30.3 Å². The van der Waals surface area contributed by atoms with Crippen LogP contribution in [0.25, 0.3) is 10.9 Å². The molecule has 2 atom stereocenters. The molecule has 0 saturated heterocycles. The molecule has 0 N–H and O–H groups in total. The summed E-state index contributed by atoms with van der Waals surface area (Å²) >= 11 is 0. The van der Waals surface area contributed by atoms with Crippen molar-refractivity contribution in [3.8, 4) is 5.75 Å². The number of ether oxygens (including phenoxy) is 1. The first-order chi connectivity index (χ1) is 12.2. The van der Waals surface area contributed by atoms with Crippen molar-refractivity contribution in [3.63, 3.8) is 0 Å². The maximum absolute atomic E-state index is 5.96. The maximum Gasteiger partial charge on any atom is 0.119 e. The van der Waals surface area contributed by atoms with Crippen LogP contribution in [-0.2, 0) is 13.0 Å². The summed E-state index contributed by atoms with van der Waals surface area (Å²) in [4.78, 5) is 2.49. The Labute approximate surface area is 149 Å². The lowest BCUT2D eigenvalue weighted by Gasteiger charge is -2.36. The SMILES string of the molecule is CC1Cc2c(c3ccccc3n2CCOc2ccccc2)C(C)N1C. The van der Waals surface area contributed by atoms with Crippen LogP contribution in [0, 0.1) is 0 Å². The number of fused-ring (bicyclic) bond motifs is 3. The molecule has 2 heterocycles. The molecule has 0 bridgehead atoms. The van der Waals surface area contributed by atoms with Crippen molar-refractivity contribution >= 4 is 10.9 Å². The van der Waals surface area contributed by atoms with Crippen LogP contribution in [0.1, 0.15) is 31.1 Å². The predicted octanol–water partition coefficient (Wildman–Crippen LogP) is 4.66. The van der Waals surface area contributed by atoms with Crippen LogP contribution in [0.4, 0.5) is 0 Å². The van der Waals surface area contributed by atoms with Crippen molar-refractivity contribution < 1.29 is 4.74 Å². The van der Waals surface area contributed by atoms with E-state index in [2.05, 4.69) is 54.6 Å². The fourth-order valence-electron chi connectivity index (χ4n) is 4.11. The number of rotatable bonds is 4. The van der Waals surface area contributed by atoms with Gasteiger partial charge in [0.25, 0.3) is 0 Å². The Morgan fingerprint density at radius 2 is 1.72 bits per heavy atom. The predicted molar refractivity (Wildman–Crippen MR) is 103 cm³/mol. The maximum atomic E-state index is 5.96. The highest BCUT2D eigenvalue weighted by Gasteiger charge is 2.31. The molecule has 0 saturated carbocycles. The molecule has 0 amide bonds. The van der Waals surface area contributed by atoms with Crippen LogP contribution < -0.4 is 4.74 Å². The minimum atomic E-state index is 0.444. The molecule has 0 spiro atoms. The lowest BCUT2D eigenvalue weighted by molar-refractivity contribution is 0.176. The van der Waals surface area contributed by atoms with Crippen molar-refractivity contribution in [1.29, 1.82) is 0 Å². The van der Waals surface area contributed by atoms with E-state index in [4.69, 9.17) is 4.74 Å². The first kappa shape index (κ1) is 16.2. The van der Waals surface area contributed by atoms with Gasteiger partial charge in [-0.1, -0.05) is 36.4 Å². The van der Waals surface area contributed by atoms with E-state index in [0.717, 1.165) is 18.7 Å². The Hall–Kier alpha value is -2.26. The Morgan fingerprint density at radius 3 is 2.52 bits per heavy atom. The van der Waals surface area contributed by atoms with Gasteiger partial charge in [0.2, 0.25) is 0 Å². The normalized spacial score (nSPS) is 20.6. The summed E-state index contributed by atoms with van der Waals surface area (Å²) in [5, 5.41) is 1.39. The molecule has 3 aromatic rings. The summed E-state index contributed by atoms with van der Waals surface area (Å²) in [6.45, 7) is 6.22. The zero-order valence-corrected chi connectivity index (χ0v) is 15.3. The lowest BCUT2D eigenvalue weighted by Crippen LogP contribution is -2.38. The van der Waals surface area contributed by atoms with Gasteiger partial charge >= 0.3 is 0 Å². The highest BCUT2D eigenvalue weighted by atomic mass is 16.5. The minimum Gasteiger partial charge on any atom is -0.492 e. The zero-order valence-electron chi connectivity index (χ0n) is 15.3. The third-order valence-electron chi connectivity index (χ3n) is 5.66. The first-order valence-electron chi connectivity index (χ1n) is 9.16. The summed E-state index contributed by atoms with van der Waals surface area (Å²) in [6, 6.07) is 19.9. The lowest BCUT2D eigenvalue weighted by atomic mass is 9.93. The fourth-order valence-corrected chi connectivity index (χ4v) is 4.11. The van der Waals surface area contributed by atoms with Crippen LogP contribution in [0.15, 0.2) is 54.6 Å². The molecular formula is C22H26N2O. The van der Waals surface area contributed by atoms with Gasteiger partial charge in [0, 0.05) is 35.1 Å². The molecule has 0 aliphatic carbocycles. The summed E-state index contributed by atoms with van der Waals surface area (Å²) in [6.07, 6.45) is 1.09. The van der Waals surface area contributed by atoms with Crippen LogP contribution in [0.5, 0.6) is 5.75 Å². The van der Waals surface area contributed by atoms with Crippen LogP contribution in [0.2, 0.25) is 0 Å². The zero-order chi connectivity index (χ0) is 17.4. The Balaban J connectivity index is 1.68. The molecule has 25 heavy (non-hydrogen) atoms. The molecule has 3 heteroatoms. The van der Waals surface area contributed by atoms with E-state index in [1.54, 1.807) is 0 Å². The van der Waals surface area contributed by atoms with Gasteiger partial charge in [-0.15, -0.1) is 0 Å². The van der Waals surface area contributed by atoms with Crippen LogP contribution >= 0.6 is 0 Å². The van der Waals surface area contributed by atoms with Gasteiger partial charge in [-0.2, -0.15) is 0 Å². The van der Waals surface area contributed by atoms with E-state index >= 15 is 0 Å². The molecular weight excluding hydrogens is 308 g/mol. The molecule has 2 unspecified atom stereocenters. The molecule has 4 rings (SSSR count). The minimum absolute atomic E-state index is 0.444. The molecule has 3 nitrogen and oxygen atoms in total. The van der Waals surface area contributed by atoms with Gasteiger partial charge in [0.1, 0.15) is 12.4 Å². The van der Waals surface area contributed by atoms with Gasteiger partial charge in [0.05, 0.1) is 6.54 Å². The molecule has 130 valence electrons. The number of para-hydroxylation sites is 2. The van der Waals surface area contributed by atoms with Crippen molar-refractivity contribution in [2.45, 2.75) is 38.9 Å². The van der Waals surface area contributed by atoms with E-state index in [-0.39, 0.29) is 0 Å². The van der Waals surface area contributed by atoms with Crippen LogP contribution in [0.3, 0.4) is 0 Å². The van der Waals surface area contributed by atoms with Gasteiger partial charge in [-0.3, -0.25) is 4.90 Å². The molecule has 1 aliphatic heterocycles. The third kappa shape index (κ3) is 2.83. The largest absolute Gasteiger partial charge is 0.492 e. The number of aromatic nitrogens is 1. The Morgan fingerprint density at radius 1 is 1.00 bits per heavy atom. The van der Waals surface area contributed by atoms with E-state index in [1.165, 1.54) is 22.2 Å².